The molecule has 1 aromatic heterocycles. The van der Waals surface area contributed by atoms with Crippen molar-refractivity contribution in [2.75, 3.05) is 18.6 Å². The first-order valence-corrected chi connectivity index (χ1v) is 9.56. The summed E-state index contributed by atoms with van der Waals surface area (Å²) in [6, 6.07) is 17.5. The van der Waals surface area contributed by atoms with Gasteiger partial charge in [-0.2, -0.15) is 0 Å². The van der Waals surface area contributed by atoms with E-state index >= 15 is 0 Å². The van der Waals surface area contributed by atoms with Crippen molar-refractivity contribution >= 4 is 34.3 Å². The van der Waals surface area contributed by atoms with Crippen molar-refractivity contribution in [1.29, 1.82) is 0 Å². The molecular weight excluding hydrogens is 344 g/mol. The molecule has 0 bridgehead atoms. The van der Waals surface area contributed by atoms with Crippen LogP contribution in [-0.4, -0.2) is 29.8 Å². The SMILES string of the molecule is COc1ccc2nc(C(=O)N3CC[C@@H](C)Sc4ccccc43)ccc2c1. The average molecular weight is 364 g/mol. The second-order valence-corrected chi connectivity index (χ2v) is 7.88. The summed E-state index contributed by atoms with van der Waals surface area (Å²) in [7, 11) is 1.64. The molecule has 0 radical (unpaired) electrons. The first kappa shape index (κ1) is 16.9. The summed E-state index contributed by atoms with van der Waals surface area (Å²) in [5, 5.41) is 1.44. The largest absolute Gasteiger partial charge is 0.497 e. The van der Waals surface area contributed by atoms with Gasteiger partial charge < -0.3 is 9.64 Å². The first-order chi connectivity index (χ1) is 12.7. The topological polar surface area (TPSA) is 42.4 Å². The zero-order chi connectivity index (χ0) is 18.1. The maximum absolute atomic E-state index is 13.2. The number of carbonyl (C=O) groups excluding carboxylic acids is 1. The van der Waals surface area contributed by atoms with E-state index < -0.39 is 0 Å². The van der Waals surface area contributed by atoms with Crippen molar-refractivity contribution in [1.82, 2.24) is 4.98 Å². The van der Waals surface area contributed by atoms with Crippen molar-refractivity contribution in [2.24, 2.45) is 0 Å². The minimum absolute atomic E-state index is 0.0510. The van der Waals surface area contributed by atoms with Gasteiger partial charge in [-0.25, -0.2) is 4.98 Å². The molecule has 26 heavy (non-hydrogen) atoms. The van der Waals surface area contributed by atoms with Gasteiger partial charge in [-0.05, 0) is 42.8 Å². The number of ether oxygens (including phenoxy) is 1. The fourth-order valence-corrected chi connectivity index (χ4v) is 4.30. The van der Waals surface area contributed by atoms with E-state index in [0.717, 1.165) is 33.7 Å². The Labute approximate surface area is 157 Å². The van der Waals surface area contributed by atoms with E-state index in [1.54, 1.807) is 13.2 Å². The van der Waals surface area contributed by atoms with Crippen molar-refractivity contribution in [3.05, 3.63) is 60.3 Å². The maximum atomic E-state index is 13.2. The fourth-order valence-electron chi connectivity index (χ4n) is 3.19. The summed E-state index contributed by atoms with van der Waals surface area (Å²) >= 11 is 1.83. The van der Waals surface area contributed by atoms with Crippen LogP contribution in [0.25, 0.3) is 10.9 Å². The number of aromatic nitrogens is 1. The summed E-state index contributed by atoms with van der Waals surface area (Å²) in [4.78, 5) is 20.8. The van der Waals surface area contributed by atoms with Gasteiger partial charge in [-0.1, -0.05) is 25.1 Å². The molecule has 4 rings (SSSR count). The third-order valence-electron chi connectivity index (χ3n) is 4.60. The highest BCUT2D eigenvalue weighted by Gasteiger charge is 2.25. The summed E-state index contributed by atoms with van der Waals surface area (Å²) < 4.78 is 5.25. The number of methoxy groups -OCH3 is 1. The summed E-state index contributed by atoms with van der Waals surface area (Å²) in [5.41, 5.74) is 2.24. The number of benzene rings is 2. The minimum Gasteiger partial charge on any atom is -0.497 e. The smallest absolute Gasteiger partial charge is 0.276 e. The predicted octanol–water partition coefficient (Wildman–Crippen LogP) is 4.77. The molecule has 0 unspecified atom stereocenters. The zero-order valence-electron chi connectivity index (χ0n) is 14.8. The van der Waals surface area contributed by atoms with Gasteiger partial charge in [0.2, 0.25) is 0 Å². The third-order valence-corrected chi connectivity index (χ3v) is 5.84. The summed E-state index contributed by atoms with van der Waals surface area (Å²) in [5.74, 6) is 0.732. The van der Waals surface area contributed by atoms with Gasteiger partial charge in [0.05, 0.1) is 18.3 Å². The second kappa shape index (κ2) is 7.00. The average Bonchev–Trinajstić information content (AvgIpc) is 2.84. The Balaban J connectivity index is 1.72. The van der Waals surface area contributed by atoms with E-state index in [0.29, 0.717) is 17.5 Å². The molecule has 1 amide bonds. The molecule has 0 saturated heterocycles. The van der Waals surface area contributed by atoms with Crippen LogP contribution in [0.15, 0.2) is 59.5 Å². The highest BCUT2D eigenvalue weighted by molar-refractivity contribution is 8.00. The standard InChI is InChI=1S/C21H20N2O2S/c1-14-11-12-23(19-5-3-4-6-20(19)26-14)21(24)18-9-7-15-13-16(25-2)8-10-17(15)22-18/h3-10,13-14H,11-12H2,1-2H3/t14-/m1/s1. The van der Waals surface area contributed by atoms with E-state index in [2.05, 4.69) is 18.0 Å². The maximum Gasteiger partial charge on any atom is 0.276 e. The quantitative estimate of drug-likeness (QED) is 0.657. The van der Waals surface area contributed by atoms with Crippen LogP contribution < -0.4 is 9.64 Å². The lowest BCUT2D eigenvalue weighted by Gasteiger charge is -2.22. The molecule has 2 aromatic carbocycles. The van der Waals surface area contributed by atoms with Crippen LogP contribution >= 0.6 is 11.8 Å². The summed E-state index contributed by atoms with van der Waals surface area (Å²) in [6.07, 6.45) is 0.954. The second-order valence-electron chi connectivity index (χ2n) is 6.40. The highest BCUT2D eigenvalue weighted by atomic mass is 32.2. The molecule has 1 aliphatic rings. The number of rotatable bonds is 2. The number of anilines is 1. The number of nitrogens with zero attached hydrogens (tertiary/aromatic N) is 2. The highest BCUT2D eigenvalue weighted by Crippen LogP contribution is 2.37. The van der Waals surface area contributed by atoms with Crippen LogP contribution in [0.5, 0.6) is 5.75 Å². The van der Waals surface area contributed by atoms with Crippen LogP contribution in [0.3, 0.4) is 0 Å². The molecule has 0 spiro atoms. The Hall–Kier alpha value is -2.53. The fraction of sp³-hybridized carbons (Fsp3) is 0.238. The Morgan fingerprint density at radius 1 is 1.19 bits per heavy atom. The Bertz CT molecular complexity index is 973. The predicted molar refractivity (Wildman–Crippen MR) is 106 cm³/mol. The number of hydrogen-bond acceptors (Lipinski definition) is 4. The molecule has 1 aliphatic heterocycles. The van der Waals surface area contributed by atoms with Crippen molar-refractivity contribution in [3.63, 3.8) is 0 Å². The van der Waals surface area contributed by atoms with Gasteiger partial charge in [-0.3, -0.25) is 4.79 Å². The molecule has 2 heterocycles. The van der Waals surface area contributed by atoms with E-state index in [4.69, 9.17) is 4.74 Å². The lowest BCUT2D eigenvalue weighted by molar-refractivity contribution is 0.0982. The number of para-hydroxylation sites is 1. The van der Waals surface area contributed by atoms with E-state index in [-0.39, 0.29) is 5.91 Å². The van der Waals surface area contributed by atoms with Crippen LogP contribution in [0.1, 0.15) is 23.8 Å². The lowest BCUT2D eigenvalue weighted by atomic mass is 10.1. The monoisotopic (exact) mass is 364 g/mol. The first-order valence-electron chi connectivity index (χ1n) is 8.68. The molecule has 0 N–H and O–H groups in total. The van der Waals surface area contributed by atoms with Crippen LogP contribution in [0.2, 0.25) is 0 Å². The van der Waals surface area contributed by atoms with Crippen LogP contribution in [-0.2, 0) is 0 Å². The van der Waals surface area contributed by atoms with E-state index in [1.807, 2.05) is 59.1 Å². The van der Waals surface area contributed by atoms with Crippen LogP contribution in [0.4, 0.5) is 5.69 Å². The zero-order valence-corrected chi connectivity index (χ0v) is 15.6. The number of fused-ring (bicyclic) bond motifs is 2. The Morgan fingerprint density at radius 3 is 2.88 bits per heavy atom. The number of pyridine rings is 1. The van der Waals surface area contributed by atoms with Gasteiger partial charge >= 0.3 is 0 Å². The van der Waals surface area contributed by atoms with Crippen molar-refractivity contribution < 1.29 is 9.53 Å². The van der Waals surface area contributed by atoms with Gasteiger partial charge in [0.1, 0.15) is 11.4 Å². The van der Waals surface area contributed by atoms with E-state index in [9.17, 15) is 4.79 Å². The molecular formula is C21H20N2O2S. The molecule has 1 atom stereocenters. The number of amides is 1. The van der Waals surface area contributed by atoms with E-state index in [1.165, 1.54) is 0 Å². The Kier molecular flexibility index (Phi) is 4.55. The van der Waals surface area contributed by atoms with Gasteiger partial charge in [0.15, 0.2) is 0 Å². The Morgan fingerprint density at radius 2 is 2.04 bits per heavy atom. The number of thioether (sulfide) groups is 1. The van der Waals surface area contributed by atoms with Crippen molar-refractivity contribution in [3.8, 4) is 5.75 Å². The molecule has 5 heteroatoms. The lowest BCUT2D eigenvalue weighted by Crippen LogP contribution is -2.32. The molecule has 3 aromatic rings. The summed E-state index contributed by atoms with van der Waals surface area (Å²) in [6.45, 7) is 2.91. The number of carbonyl (C=O) groups is 1. The molecule has 4 nitrogen and oxygen atoms in total. The molecule has 132 valence electrons. The molecule has 0 saturated carbocycles. The van der Waals surface area contributed by atoms with Crippen molar-refractivity contribution in [2.45, 2.75) is 23.5 Å². The molecule has 0 fully saturated rings. The normalized spacial score (nSPS) is 16.8. The van der Waals surface area contributed by atoms with Gasteiger partial charge in [0, 0.05) is 22.1 Å². The van der Waals surface area contributed by atoms with Gasteiger partial charge in [0.25, 0.3) is 5.91 Å². The minimum atomic E-state index is -0.0510. The number of hydrogen-bond donors (Lipinski definition) is 0. The van der Waals surface area contributed by atoms with Crippen LogP contribution in [0, 0.1) is 0 Å². The third kappa shape index (κ3) is 3.15. The van der Waals surface area contributed by atoms with Gasteiger partial charge in [-0.15, -0.1) is 11.8 Å². The molecule has 0 aliphatic carbocycles.